The molecule has 2 aromatic heterocycles. The molecule has 0 spiro atoms. The summed E-state index contributed by atoms with van der Waals surface area (Å²) in [5.41, 5.74) is -1.49. The van der Waals surface area contributed by atoms with Crippen molar-refractivity contribution in [1.82, 2.24) is 19.5 Å². The number of nitrogens with one attached hydrogen (secondary N) is 1. The van der Waals surface area contributed by atoms with E-state index in [4.69, 9.17) is 0 Å². The number of aromatic nitrogens is 3. The van der Waals surface area contributed by atoms with E-state index in [2.05, 4.69) is 15.2 Å². The molecule has 0 aromatic carbocycles. The van der Waals surface area contributed by atoms with E-state index in [-0.39, 0.29) is 17.2 Å². The minimum Gasteiger partial charge on any atom is -0.276 e. The Morgan fingerprint density at radius 2 is 1.73 bits per heavy atom. The zero-order valence-electron chi connectivity index (χ0n) is 15.4. The van der Waals surface area contributed by atoms with E-state index in [9.17, 15) is 21.6 Å². The Hall–Kier alpha value is -2.08. The van der Waals surface area contributed by atoms with Gasteiger partial charge >= 0.3 is 12.1 Å². The number of H-pyrrole nitrogens is 1. The molecule has 5 rings (SSSR count). The van der Waals surface area contributed by atoms with Crippen LogP contribution in [-0.2, 0) is 22.1 Å². The second-order valence-corrected chi connectivity index (χ2v) is 9.94. The lowest BCUT2D eigenvalue weighted by Crippen LogP contribution is -2.56. The Morgan fingerprint density at radius 3 is 2.27 bits per heavy atom. The van der Waals surface area contributed by atoms with Crippen LogP contribution in [0.15, 0.2) is 29.4 Å². The van der Waals surface area contributed by atoms with Crippen molar-refractivity contribution in [1.29, 1.82) is 0 Å². The van der Waals surface area contributed by atoms with Gasteiger partial charge in [0.1, 0.15) is 16.3 Å². The first-order valence-electron chi connectivity index (χ1n) is 9.51. The van der Waals surface area contributed by atoms with E-state index in [0.29, 0.717) is 37.9 Å². The summed E-state index contributed by atoms with van der Waals surface area (Å²) in [6.07, 6.45) is -0.654. The highest BCUT2D eigenvalue weighted by Gasteiger charge is 2.64. The van der Waals surface area contributed by atoms with Gasteiger partial charge in [-0.15, -0.1) is 0 Å². The van der Waals surface area contributed by atoms with Crippen LogP contribution in [0.25, 0.3) is 0 Å². The van der Waals surface area contributed by atoms with E-state index in [1.807, 2.05) is 0 Å². The fraction of sp³-hybridized carbons (Fsp3) is 0.556. The molecule has 0 saturated heterocycles. The van der Waals surface area contributed by atoms with Crippen LogP contribution >= 0.6 is 0 Å². The largest absolute Gasteiger partial charge is 0.433 e. The molecule has 2 atom stereocenters. The molecule has 3 heterocycles. The van der Waals surface area contributed by atoms with Gasteiger partial charge in [0, 0.05) is 11.8 Å². The average molecular weight is 448 g/mol. The highest BCUT2D eigenvalue weighted by molar-refractivity contribution is 7.89. The highest BCUT2D eigenvalue weighted by atomic mass is 32.2. The Kier molecular flexibility index (Phi) is 4.12. The predicted molar refractivity (Wildman–Crippen MR) is 92.7 cm³/mol. The van der Waals surface area contributed by atoms with Crippen LogP contribution in [0.3, 0.4) is 0 Å². The van der Waals surface area contributed by atoms with Crippen LogP contribution in [0.4, 0.5) is 22.0 Å². The third-order valence-electron chi connectivity index (χ3n) is 5.98. The maximum Gasteiger partial charge on any atom is 0.433 e. The van der Waals surface area contributed by atoms with Crippen molar-refractivity contribution < 1.29 is 30.4 Å². The van der Waals surface area contributed by atoms with E-state index >= 15 is 8.78 Å². The van der Waals surface area contributed by atoms with E-state index < -0.39 is 50.7 Å². The molecule has 1 N–H and O–H groups in total. The number of hydrogen-bond acceptors (Lipinski definition) is 4. The van der Waals surface area contributed by atoms with Crippen molar-refractivity contribution in [2.45, 2.75) is 54.8 Å². The van der Waals surface area contributed by atoms with Crippen LogP contribution in [0.1, 0.15) is 48.7 Å². The number of fused-ring (bicyclic) bond motifs is 1. The average Bonchev–Trinajstić information content (AvgIpc) is 3.59. The lowest BCUT2D eigenvalue weighted by Gasteiger charge is -2.44. The standard InChI is InChI=1S/C18H17F5N4O2S/c19-17(20)15-12(8-25-26-15)14(9-1-2-9)27(16(17)10-3-4-10)30(28,29)11-5-6-13(24-7-11)18(21,22)23/h5-10,14,16H,1-4H2,(H,25,26)/t14-,16-/m1/s1. The van der Waals surface area contributed by atoms with E-state index in [1.54, 1.807) is 0 Å². The van der Waals surface area contributed by atoms with Crippen LogP contribution < -0.4 is 0 Å². The fourth-order valence-electron chi connectivity index (χ4n) is 4.32. The van der Waals surface area contributed by atoms with Gasteiger partial charge in [0.2, 0.25) is 10.0 Å². The minimum absolute atomic E-state index is 0.128. The molecule has 0 amide bonds. The molecule has 162 valence electrons. The van der Waals surface area contributed by atoms with Crippen LogP contribution in [-0.4, -0.2) is 33.9 Å². The molecule has 30 heavy (non-hydrogen) atoms. The zero-order chi connectivity index (χ0) is 21.5. The molecular formula is C18H17F5N4O2S. The number of aromatic amines is 1. The van der Waals surface area contributed by atoms with E-state index in [1.165, 1.54) is 6.20 Å². The fourth-order valence-corrected chi connectivity index (χ4v) is 6.17. The monoisotopic (exact) mass is 448 g/mol. The van der Waals surface area contributed by atoms with Gasteiger partial charge in [-0.05, 0) is 49.7 Å². The van der Waals surface area contributed by atoms with Gasteiger partial charge in [-0.3, -0.25) is 10.1 Å². The Balaban J connectivity index is 1.65. The molecular weight excluding hydrogens is 431 g/mol. The van der Waals surface area contributed by atoms with Crippen molar-refractivity contribution in [3.8, 4) is 0 Å². The van der Waals surface area contributed by atoms with Gasteiger partial charge in [-0.25, -0.2) is 8.42 Å². The van der Waals surface area contributed by atoms with Crippen molar-refractivity contribution in [3.63, 3.8) is 0 Å². The maximum atomic E-state index is 15.4. The molecule has 1 aliphatic heterocycles. The third-order valence-corrected chi connectivity index (χ3v) is 7.83. The van der Waals surface area contributed by atoms with Crippen molar-refractivity contribution in [2.24, 2.45) is 11.8 Å². The van der Waals surface area contributed by atoms with Crippen molar-refractivity contribution in [2.75, 3.05) is 0 Å². The van der Waals surface area contributed by atoms with Crippen LogP contribution in [0.5, 0.6) is 0 Å². The van der Waals surface area contributed by atoms with Gasteiger partial charge in [-0.1, -0.05) is 0 Å². The molecule has 6 nitrogen and oxygen atoms in total. The highest BCUT2D eigenvalue weighted by Crippen LogP contribution is 2.59. The van der Waals surface area contributed by atoms with Gasteiger partial charge in [0.25, 0.3) is 0 Å². The first-order valence-corrected chi connectivity index (χ1v) is 11.0. The number of hydrogen-bond donors (Lipinski definition) is 1. The molecule has 0 bridgehead atoms. The number of rotatable bonds is 4. The quantitative estimate of drug-likeness (QED) is 0.721. The molecule has 2 aromatic rings. The summed E-state index contributed by atoms with van der Waals surface area (Å²) in [4.78, 5) is 2.68. The Morgan fingerprint density at radius 1 is 1.07 bits per heavy atom. The van der Waals surface area contributed by atoms with Gasteiger partial charge in [0.05, 0.1) is 18.3 Å². The first kappa shape index (κ1) is 19.9. The SMILES string of the molecule is O=S(=O)(c1ccc(C(F)(F)F)nc1)N1[C@H](C2CC2)c2cn[nH]c2C(F)(F)[C@H]1C1CC1. The molecule has 12 heteroatoms. The van der Waals surface area contributed by atoms with Crippen LogP contribution in [0, 0.1) is 11.8 Å². The summed E-state index contributed by atoms with van der Waals surface area (Å²) >= 11 is 0. The predicted octanol–water partition coefficient (Wildman–Crippen LogP) is 3.85. The van der Waals surface area contributed by atoms with Crippen LogP contribution in [0.2, 0.25) is 0 Å². The Labute approximate surface area is 168 Å². The van der Waals surface area contributed by atoms with Gasteiger partial charge in [0.15, 0.2) is 0 Å². The summed E-state index contributed by atoms with van der Waals surface area (Å²) in [6.45, 7) is 0. The number of sulfonamides is 1. The molecule has 2 aliphatic carbocycles. The summed E-state index contributed by atoms with van der Waals surface area (Å²) in [5.74, 6) is -4.17. The number of halogens is 5. The molecule has 3 aliphatic rings. The number of alkyl halides is 5. The normalized spacial score (nSPS) is 27.1. The van der Waals surface area contributed by atoms with Gasteiger partial charge < -0.3 is 0 Å². The molecule has 0 unspecified atom stereocenters. The molecule has 2 fully saturated rings. The smallest absolute Gasteiger partial charge is 0.276 e. The maximum absolute atomic E-state index is 15.4. The first-order chi connectivity index (χ1) is 14.0. The van der Waals surface area contributed by atoms with Gasteiger partial charge in [-0.2, -0.15) is 31.4 Å². The summed E-state index contributed by atoms with van der Waals surface area (Å²) < 4.78 is 97.1. The number of pyridine rings is 1. The zero-order valence-corrected chi connectivity index (χ0v) is 16.2. The van der Waals surface area contributed by atoms with Crippen molar-refractivity contribution >= 4 is 10.0 Å². The minimum atomic E-state index is -4.74. The molecule has 2 saturated carbocycles. The third kappa shape index (κ3) is 2.95. The lowest BCUT2D eigenvalue weighted by atomic mass is 9.88. The lowest BCUT2D eigenvalue weighted by molar-refractivity contribution is -0.141. The summed E-state index contributed by atoms with van der Waals surface area (Å²) in [6, 6.07) is -1.13. The Bertz CT molecular complexity index is 1070. The second kappa shape index (κ2) is 6.22. The van der Waals surface area contributed by atoms with E-state index in [0.717, 1.165) is 10.4 Å². The molecule has 0 radical (unpaired) electrons. The number of nitrogens with zero attached hydrogens (tertiary/aromatic N) is 3. The summed E-state index contributed by atoms with van der Waals surface area (Å²) in [5, 5.41) is 6.09. The second-order valence-electron chi connectivity index (χ2n) is 8.10. The topological polar surface area (TPSA) is 79.0 Å². The van der Waals surface area contributed by atoms with Crippen molar-refractivity contribution in [3.05, 3.63) is 41.5 Å². The summed E-state index contributed by atoms with van der Waals surface area (Å²) in [7, 11) is -4.54.